The van der Waals surface area contributed by atoms with Crippen molar-refractivity contribution in [2.75, 3.05) is 13.2 Å². The number of aliphatic hydroxyl groups excluding tert-OH is 1. The highest BCUT2D eigenvalue weighted by Crippen LogP contribution is 2.14. The molecule has 0 aliphatic carbocycles. The zero-order valence-corrected chi connectivity index (χ0v) is 11.3. The summed E-state index contributed by atoms with van der Waals surface area (Å²) in [6.45, 7) is 4.34. The maximum Gasteiger partial charge on any atom is 0.0972 e. The molecule has 102 valence electrons. The molecule has 0 amide bonds. The number of fused-ring (bicyclic) bond motifs is 1. The van der Waals surface area contributed by atoms with E-state index in [0.29, 0.717) is 13.1 Å². The lowest BCUT2D eigenvalue weighted by molar-refractivity contribution is 0.00254. The lowest BCUT2D eigenvalue weighted by atomic mass is 10.1. The maximum atomic E-state index is 9.68. The lowest BCUT2D eigenvalue weighted by Gasteiger charge is -2.20. The molecule has 1 aromatic carbocycles. The van der Waals surface area contributed by atoms with Crippen LogP contribution < -0.4 is 5.32 Å². The Morgan fingerprint density at radius 2 is 2.05 bits per heavy atom. The first-order chi connectivity index (χ1) is 9.00. The van der Waals surface area contributed by atoms with Crippen LogP contribution in [0.4, 0.5) is 0 Å². The van der Waals surface area contributed by atoms with Gasteiger partial charge in [0.1, 0.15) is 0 Å². The molecule has 4 heteroatoms. The second kappa shape index (κ2) is 5.65. The molecule has 0 spiro atoms. The normalized spacial score (nSPS) is 14.5. The van der Waals surface area contributed by atoms with Crippen LogP contribution in [-0.4, -0.2) is 33.9 Å². The fourth-order valence-corrected chi connectivity index (χ4v) is 1.92. The Labute approximate surface area is 113 Å². The van der Waals surface area contributed by atoms with E-state index in [-0.39, 0.29) is 6.61 Å². The second-order valence-electron chi connectivity index (χ2n) is 5.24. The third-order valence-electron chi connectivity index (χ3n) is 3.07. The zero-order valence-electron chi connectivity index (χ0n) is 11.3. The smallest absolute Gasteiger partial charge is 0.0972 e. The summed E-state index contributed by atoms with van der Waals surface area (Å²) >= 11 is 0. The molecule has 0 saturated heterocycles. The van der Waals surface area contributed by atoms with E-state index >= 15 is 0 Å². The molecular weight excluding hydrogens is 240 g/mol. The Morgan fingerprint density at radius 1 is 1.26 bits per heavy atom. The topological polar surface area (TPSA) is 65.4 Å². The van der Waals surface area contributed by atoms with Gasteiger partial charge in [-0.15, -0.1) is 0 Å². The molecule has 1 aromatic heterocycles. The second-order valence-corrected chi connectivity index (χ2v) is 5.24. The van der Waals surface area contributed by atoms with Gasteiger partial charge in [-0.25, -0.2) is 0 Å². The average Bonchev–Trinajstić information content (AvgIpc) is 2.39. The van der Waals surface area contributed by atoms with Gasteiger partial charge in [0.2, 0.25) is 0 Å². The molecule has 3 N–H and O–H groups in total. The number of nitrogens with one attached hydrogen (secondary N) is 1. The van der Waals surface area contributed by atoms with Crippen LogP contribution in [0, 0.1) is 6.92 Å². The number of aliphatic hydroxyl groups is 2. The number of nitrogens with zero attached hydrogens (tertiary/aromatic N) is 1. The Balaban J connectivity index is 2.04. The van der Waals surface area contributed by atoms with Crippen molar-refractivity contribution in [2.24, 2.45) is 0 Å². The summed E-state index contributed by atoms with van der Waals surface area (Å²) in [7, 11) is 0. The van der Waals surface area contributed by atoms with Gasteiger partial charge in [0.25, 0.3) is 0 Å². The number of aromatic nitrogens is 1. The van der Waals surface area contributed by atoms with Crippen LogP contribution in [0.15, 0.2) is 30.3 Å². The van der Waals surface area contributed by atoms with E-state index in [0.717, 1.165) is 22.2 Å². The van der Waals surface area contributed by atoms with E-state index in [1.807, 2.05) is 25.1 Å². The molecule has 1 heterocycles. The Hall–Kier alpha value is -1.49. The van der Waals surface area contributed by atoms with Crippen molar-refractivity contribution in [3.8, 4) is 0 Å². The third kappa shape index (κ3) is 3.73. The summed E-state index contributed by atoms with van der Waals surface area (Å²) in [5.74, 6) is 0. The number of aryl methyl sites for hydroxylation is 1. The average molecular weight is 260 g/mol. The summed E-state index contributed by atoms with van der Waals surface area (Å²) in [5.41, 5.74) is 2.06. The SMILES string of the molecule is Cc1ccc2cc(CNCC(C)(O)CO)ccc2n1. The zero-order chi connectivity index (χ0) is 13.9. The van der Waals surface area contributed by atoms with E-state index in [4.69, 9.17) is 5.11 Å². The highest BCUT2D eigenvalue weighted by Gasteiger charge is 2.17. The Bertz CT molecular complexity index is 567. The predicted octanol–water partition coefficient (Wildman–Crippen LogP) is 1.38. The number of pyridine rings is 1. The Morgan fingerprint density at radius 3 is 2.79 bits per heavy atom. The van der Waals surface area contributed by atoms with E-state index in [1.165, 1.54) is 0 Å². The minimum absolute atomic E-state index is 0.249. The largest absolute Gasteiger partial charge is 0.393 e. The first kappa shape index (κ1) is 13.9. The summed E-state index contributed by atoms with van der Waals surface area (Å²) in [4.78, 5) is 4.46. The first-order valence-electron chi connectivity index (χ1n) is 6.40. The van der Waals surface area contributed by atoms with Crippen LogP contribution in [0.5, 0.6) is 0 Å². The summed E-state index contributed by atoms with van der Waals surface area (Å²) in [6.07, 6.45) is 0. The van der Waals surface area contributed by atoms with Gasteiger partial charge in [-0.3, -0.25) is 4.98 Å². The molecule has 0 aliphatic heterocycles. The maximum absolute atomic E-state index is 9.68. The predicted molar refractivity (Wildman–Crippen MR) is 75.9 cm³/mol. The third-order valence-corrected chi connectivity index (χ3v) is 3.07. The lowest BCUT2D eigenvalue weighted by Crippen LogP contribution is -2.40. The van der Waals surface area contributed by atoms with E-state index in [1.54, 1.807) is 6.92 Å². The molecule has 1 unspecified atom stereocenters. The molecule has 0 aliphatic rings. The van der Waals surface area contributed by atoms with Crippen molar-refractivity contribution in [3.63, 3.8) is 0 Å². The quantitative estimate of drug-likeness (QED) is 0.760. The molecule has 0 radical (unpaired) electrons. The Kier molecular flexibility index (Phi) is 4.14. The number of hydrogen-bond donors (Lipinski definition) is 3. The fraction of sp³-hybridized carbons (Fsp3) is 0.400. The number of rotatable bonds is 5. The van der Waals surface area contributed by atoms with Gasteiger partial charge >= 0.3 is 0 Å². The van der Waals surface area contributed by atoms with Crippen molar-refractivity contribution >= 4 is 10.9 Å². The molecule has 19 heavy (non-hydrogen) atoms. The van der Waals surface area contributed by atoms with Gasteiger partial charge in [-0.1, -0.05) is 12.1 Å². The van der Waals surface area contributed by atoms with Crippen LogP contribution >= 0.6 is 0 Å². The minimum atomic E-state index is -1.07. The van der Waals surface area contributed by atoms with E-state index in [9.17, 15) is 5.11 Å². The molecular formula is C15H20N2O2. The summed E-state index contributed by atoms with van der Waals surface area (Å²) < 4.78 is 0. The molecule has 2 aromatic rings. The first-order valence-corrected chi connectivity index (χ1v) is 6.40. The van der Waals surface area contributed by atoms with E-state index < -0.39 is 5.60 Å². The van der Waals surface area contributed by atoms with Crippen LogP contribution in [0.2, 0.25) is 0 Å². The summed E-state index contributed by atoms with van der Waals surface area (Å²) in [6, 6.07) is 10.2. The summed E-state index contributed by atoms with van der Waals surface area (Å²) in [5, 5.41) is 22.9. The van der Waals surface area contributed by atoms with Gasteiger partial charge in [0.15, 0.2) is 0 Å². The van der Waals surface area contributed by atoms with Crippen molar-refractivity contribution < 1.29 is 10.2 Å². The molecule has 4 nitrogen and oxygen atoms in total. The molecule has 0 fully saturated rings. The minimum Gasteiger partial charge on any atom is -0.393 e. The van der Waals surface area contributed by atoms with Crippen LogP contribution in [0.25, 0.3) is 10.9 Å². The molecule has 0 bridgehead atoms. The van der Waals surface area contributed by atoms with Crippen LogP contribution in [0.1, 0.15) is 18.2 Å². The highest BCUT2D eigenvalue weighted by atomic mass is 16.3. The van der Waals surface area contributed by atoms with Gasteiger partial charge < -0.3 is 15.5 Å². The van der Waals surface area contributed by atoms with Crippen molar-refractivity contribution in [2.45, 2.75) is 26.0 Å². The molecule has 0 saturated carbocycles. The fourth-order valence-electron chi connectivity index (χ4n) is 1.92. The van der Waals surface area contributed by atoms with Gasteiger partial charge in [0, 0.05) is 24.2 Å². The van der Waals surface area contributed by atoms with Gasteiger partial charge in [0.05, 0.1) is 17.7 Å². The van der Waals surface area contributed by atoms with Crippen molar-refractivity contribution in [1.82, 2.24) is 10.3 Å². The van der Waals surface area contributed by atoms with Crippen LogP contribution in [-0.2, 0) is 6.54 Å². The van der Waals surface area contributed by atoms with Crippen molar-refractivity contribution in [3.05, 3.63) is 41.6 Å². The standard InChI is InChI=1S/C15H20N2O2/c1-11-3-5-13-7-12(4-6-14(13)17-11)8-16-9-15(2,19)10-18/h3-7,16,18-19H,8-10H2,1-2H3. The number of hydrogen-bond acceptors (Lipinski definition) is 4. The highest BCUT2D eigenvalue weighted by molar-refractivity contribution is 5.79. The molecule has 2 rings (SSSR count). The van der Waals surface area contributed by atoms with Gasteiger partial charge in [-0.05, 0) is 37.6 Å². The van der Waals surface area contributed by atoms with Gasteiger partial charge in [-0.2, -0.15) is 0 Å². The van der Waals surface area contributed by atoms with Crippen molar-refractivity contribution in [1.29, 1.82) is 0 Å². The molecule has 1 atom stereocenters. The monoisotopic (exact) mass is 260 g/mol. The van der Waals surface area contributed by atoms with E-state index in [2.05, 4.69) is 22.4 Å². The van der Waals surface area contributed by atoms with Crippen LogP contribution in [0.3, 0.4) is 0 Å². The number of benzene rings is 1.